The molecule has 1 aromatic heterocycles. The molecule has 0 atom stereocenters. The number of hydrogen-bond acceptors (Lipinski definition) is 5. The van der Waals surface area contributed by atoms with Crippen LogP contribution in [0.25, 0.3) is 11.3 Å². The summed E-state index contributed by atoms with van der Waals surface area (Å²) < 4.78 is 12.0. The first-order valence-electron chi connectivity index (χ1n) is 9.70. The van der Waals surface area contributed by atoms with Gasteiger partial charge < -0.3 is 14.8 Å². The molecule has 1 amide bonds. The summed E-state index contributed by atoms with van der Waals surface area (Å²) in [5.74, 6) is 1.28. The van der Waals surface area contributed by atoms with E-state index in [1.165, 1.54) is 23.6 Å². The fourth-order valence-corrected chi connectivity index (χ4v) is 3.52. The van der Waals surface area contributed by atoms with Gasteiger partial charge in [0.15, 0.2) is 11.5 Å². The highest BCUT2D eigenvalue weighted by Gasteiger charge is 2.16. The third-order valence-corrected chi connectivity index (χ3v) is 5.04. The average molecular weight is 385 g/mol. The molecule has 3 rings (SSSR count). The topological polar surface area (TPSA) is 82.5 Å². The van der Waals surface area contributed by atoms with Gasteiger partial charge in [-0.2, -0.15) is 5.10 Å². The van der Waals surface area contributed by atoms with Gasteiger partial charge in [-0.25, -0.2) is 4.68 Å². The molecule has 1 heterocycles. The predicted octanol–water partition coefficient (Wildman–Crippen LogP) is 2.77. The van der Waals surface area contributed by atoms with Crippen molar-refractivity contribution in [3.63, 3.8) is 0 Å². The summed E-state index contributed by atoms with van der Waals surface area (Å²) in [6.45, 7) is 0.401. The molecule has 7 nitrogen and oxygen atoms in total. The van der Waals surface area contributed by atoms with E-state index in [9.17, 15) is 9.59 Å². The summed E-state index contributed by atoms with van der Waals surface area (Å²) >= 11 is 0. The Morgan fingerprint density at radius 2 is 1.89 bits per heavy atom. The van der Waals surface area contributed by atoms with Crippen LogP contribution < -0.4 is 20.3 Å². The maximum atomic E-state index is 12.1. The van der Waals surface area contributed by atoms with Crippen LogP contribution in [0, 0.1) is 0 Å². The Hall–Kier alpha value is -2.83. The third kappa shape index (κ3) is 4.91. The van der Waals surface area contributed by atoms with E-state index in [1.54, 1.807) is 26.4 Å². The van der Waals surface area contributed by atoms with Crippen LogP contribution >= 0.6 is 0 Å². The second-order valence-corrected chi connectivity index (χ2v) is 7.00. The molecule has 1 aromatic carbocycles. The van der Waals surface area contributed by atoms with Crippen molar-refractivity contribution in [3.8, 4) is 22.8 Å². The van der Waals surface area contributed by atoms with Crippen LogP contribution in [-0.4, -0.2) is 35.9 Å². The van der Waals surface area contributed by atoms with Gasteiger partial charge in [-0.1, -0.05) is 12.8 Å². The smallest absolute Gasteiger partial charge is 0.266 e. The van der Waals surface area contributed by atoms with Crippen LogP contribution in [0.15, 0.2) is 35.1 Å². The van der Waals surface area contributed by atoms with Crippen LogP contribution in [0.3, 0.4) is 0 Å². The molecule has 2 aromatic rings. The van der Waals surface area contributed by atoms with E-state index in [4.69, 9.17) is 9.47 Å². The van der Waals surface area contributed by atoms with Crippen LogP contribution in [0.4, 0.5) is 0 Å². The summed E-state index contributed by atoms with van der Waals surface area (Å²) in [6, 6.07) is 9.00. The van der Waals surface area contributed by atoms with Crippen molar-refractivity contribution in [1.82, 2.24) is 15.1 Å². The molecule has 28 heavy (non-hydrogen) atoms. The van der Waals surface area contributed by atoms with Gasteiger partial charge in [-0.05, 0) is 43.5 Å². The van der Waals surface area contributed by atoms with Crippen molar-refractivity contribution in [2.24, 2.45) is 0 Å². The zero-order valence-electron chi connectivity index (χ0n) is 16.4. The number of aryl methyl sites for hydroxylation is 1. The van der Waals surface area contributed by atoms with Gasteiger partial charge in [-0.15, -0.1) is 0 Å². The zero-order valence-corrected chi connectivity index (χ0v) is 16.4. The number of hydrogen-bond donors (Lipinski definition) is 1. The molecular weight excluding hydrogens is 358 g/mol. The monoisotopic (exact) mass is 385 g/mol. The number of methoxy groups -OCH3 is 2. The standard InChI is InChI=1S/C21H27N3O4/c1-27-18-11-9-15(14-19(18)28-2)17-10-12-21(26)24(23-17)13-5-8-20(25)22-16-6-3-4-7-16/h9-12,14,16H,3-8,13H2,1-2H3,(H,22,25). The number of nitrogens with zero attached hydrogens (tertiary/aromatic N) is 2. The first-order valence-corrected chi connectivity index (χ1v) is 9.70. The van der Waals surface area contributed by atoms with Crippen LogP contribution in [0.5, 0.6) is 11.5 Å². The molecule has 0 bridgehead atoms. The Morgan fingerprint density at radius 1 is 1.14 bits per heavy atom. The third-order valence-electron chi connectivity index (χ3n) is 5.04. The van der Waals surface area contributed by atoms with Gasteiger partial charge in [0, 0.05) is 30.6 Å². The summed E-state index contributed by atoms with van der Waals surface area (Å²) in [5.41, 5.74) is 1.31. The number of aromatic nitrogens is 2. The van der Waals surface area contributed by atoms with E-state index in [1.807, 2.05) is 12.1 Å². The Balaban J connectivity index is 1.64. The number of benzene rings is 1. The number of ether oxygens (including phenoxy) is 2. The zero-order chi connectivity index (χ0) is 19.9. The lowest BCUT2D eigenvalue weighted by molar-refractivity contribution is -0.121. The molecule has 0 saturated heterocycles. The molecule has 150 valence electrons. The van der Waals surface area contributed by atoms with E-state index in [0.29, 0.717) is 42.6 Å². The van der Waals surface area contributed by atoms with Gasteiger partial charge >= 0.3 is 0 Å². The average Bonchev–Trinajstić information content (AvgIpc) is 3.21. The SMILES string of the molecule is COc1ccc(-c2ccc(=O)n(CCCC(=O)NC3CCCC3)n2)cc1OC. The van der Waals surface area contributed by atoms with Crippen molar-refractivity contribution in [2.45, 2.75) is 51.1 Å². The van der Waals surface area contributed by atoms with Crippen molar-refractivity contribution in [3.05, 3.63) is 40.7 Å². The second kappa shape index (κ2) is 9.39. The predicted molar refractivity (Wildman–Crippen MR) is 107 cm³/mol. The fourth-order valence-electron chi connectivity index (χ4n) is 3.52. The van der Waals surface area contributed by atoms with Crippen molar-refractivity contribution in [2.75, 3.05) is 14.2 Å². The Bertz CT molecular complexity index is 872. The summed E-state index contributed by atoms with van der Waals surface area (Å²) in [4.78, 5) is 24.2. The van der Waals surface area contributed by atoms with Crippen LogP contribution in [0.2, 0.25) is 0 Å². The molecule has 0 unspecified atom stereocenters. The Morgan fingerprint density at radius 3 is 2.61 bits per heavy atom. The number of amides is 1. The molecular formula is C21H27N3O4. The van der Waals surface area contributed by atoms with E-state index in [0.717, 1.165) is 18.4 Å². The van der Waals surface area contributed by atoms with E-state index in [2.05, 4.69) is 10.4 Å². The number of carbonyl (C=O) groups excluding carboxylic acids is 1. The van der Waals surface area contributed by atoms with Gasteiger partial charge in [0.1, 0.15) is 0 Å². The van der Waals surface area contributed by atoms with Crippen molar-refractivity contribution < 1.29 is 14.3 Å². The quantitative estimate of drug-likeness (QED) is 0.756. The highest BCUT2D eigenvalue weighted by molar-refractivity contribution is 5.76. The first kappa shape index (κ1) is 19.9. The van der Waals surface area contributed by atoms with Crippen molar-refractivity contribution in [1.29, 1.82) is 0 Å². The second-order valence-electron chi connectivity index (χ2n) is 7.00. The fraction of sp³-hybridized carbons (Fsp3) is 0.476. The molecule has 1 saturated carbocycles. The number of carbonyl (C=O) groups is 1. The summed E-state index contributed by atoms with van der Waals surface area (Å²) in [5, 5.41) is 7.52. The maximum Gasteiger partial charge on any atom is 0.266 e. The van der Waals surface area contributed by atoms with Crippen LogP contribution in [0.1, 0.15) is 38.5 Å². The Labute approximate surface area is 164 Å². The molecule has 1 fully saturated rings. The van der Waals surface area contributed by atoms with E-state index >= 15 is 0 Å². The van der Waals surface area contributed by atoms with Gasteiger partial charge in [0.05, 0.1) is 19.9 Å². The first-order chi connectivity index (χ1) is 13.6. The minimum atomic E-state index is -0.180. The molecule has 7 heteroatoms. The molecule has 0 spiro atoms. The van der Waals surface area contributed by atoms with E-state index in [-0.39, 0.29) is 11.5 Å². The van der Waals surface area contributed by atoms with Gasteiger partial charge in [-0.3, -0.25) is 9.59 Å². The summed E-state index contributed by atoms with van der Waals surface area (Å²) in [6.07, 6.45) is 5.48. The highest BCUT2D eigenvalue weighted by atomic mass is 16.5. The number of nitrogens with one attached hydrogen (secondary N) is 1. The molecule has 1 N–H and O–H groups in total. The molecule has 1 aliphatic carbocycles. The lowest BCUT2D eigenvalue weighted by Gasteiger charge is -2.12. The number of rotatable bonds is 8. The Kier molecular flexibility index (Phi) is 6.68. The van der Waals surface area contributed by atoms with E-state index < -0.39 is 0 Å². The van der Waals surface area contributed by atoms with Gasteiger partial charge in [0.2, 0.25) is 5.91 Å². The normalized spacial score (nSPS) is 14.1. The van der Waals surface area contributed by atoms with Gasteiger partial charge in [0.25, 0.3) is 5.56 Å². The molecule has 0 radical (unpaired) electrons. The largest absolute Gasteiger partial charge is 0.493 e. The summed E-state index contributed by atoms with van der Waals surface area (Å²) in [7, 11) is 3.16. The molecule has 0 aliphatic heterocycles. The maximum absolute atomic E-state index is 12.1. The van der Waals surface area contributed by atoms with Crippen LogP contribution in [-0.2, 0) is 11.3 Å². The van der Waals surface area contributed by atoms with Crippen molar-refractivity contribution >= 4 is 5.91 Å². The highest BCUT2D eigenvalue weighted by Crippen LogP contribution is 2.31. The minimum absolute atomic E-state index is 0.0518. The molecule has 1 aliphatic rings. The lowest BCUT2D eigenvalue weighted by Crippen LogP contribution is -2.32. The lowest BCUT2D eigenvalue weighted by atomic mass is 10.1. The minimum Gasteiger partial charge on any atom is -0.493 e.